The maximum absolute atomic E-state index is 12.1. The van der Waals surface area contributed by atoms with Crippen molar-refractivity contribution in [3.8, 4) is 5.75 Å². The molecule has 0 saturated carbocycles. The number of likely N-dealkylation sites (tertiary alicyclic amines) is 1. The lowest BCUT2D eigenvalue weighted by Gasteiger charge is -2.34. The van der Waals surface area contributed by atoms with Gasteiger partial charge in [0.1, 0.15) is 5.75 Å². The van der Waals surface area contributed by atoms with E-state index in [1.165, 1.54) is 0 Å². The van der Waals surface area contributed by atoms with Gasteiger partial charge in [-0.05, 0) is 43.0 Å². The summed E-state index contributed by atoms with van der Waals surface area (Å²) in [6, 6.07) is 7.67. The first kappa shape index (κ1) is 16.3. The van der Waals surface area contributed by atoms with E-state index < -0.39 is 0 Å². The van der Waals surface area contributed by atoms with Gasteiger partial charge in [-0.2, -0.15) is 0 Å². The average molecular weight is 356 g/mol. The Morgan fingerprint density at radius 2 is 2.14 bits per heavy atom. The topological polar surface area (TPSA) is 49.8 Å². The number of aliphatic hydroxyl groups is 1. The molecule has 1 N–H and O–H groups in total. The predicted molar refractivity (Wildman–Crippen MR) is 85.2 cm³/mol. The van der Waals surface area contributed by atoms with E-state index in [0.717, 1.165) is 10.2 Å². The second-order valence-corrected chi connectivity index (χ2v) is 6.49. The Labute approximate surface area is 134 Å². The lowest BCUT2D eigenvalue weighted by atomic mass is 9.96. The van der Waals surface area contributed by atoms with Crippen LogP contribution in [0.1, 0.15) is 26.2 Å². The number of benzene rings is 1. The number of ether oxygens (including phenoxy) is 1. The molecular formula is C16H22BrNO3. The lowest BCUT2D eigenvalue weighted by molar-refractivity contribution is -0.134. The van der Waals surface area contributed by atoms with Crippen LogP contribution in [0, 0.1) is 5.92 Å². The third kappa shape index (κ3) is 5.00. The van der Waals surface area contributed by atoms with E-state index in [0.29, 0.717) is 39.0 Å². The van der Waals surface area contributed by atoms with Gasteiger partial charge < -0.3 is 14.7 Å². The molecule has 1 fully saturated rings. The number of halogens is 1. The molecule has 0 bridgehead atoms. The summed E-state index contributed by atoms with van der Waals surface area (Å²) in [5, 5.41) is 9.68. The highest BCUT2D eigenvalue weighted by Crippen LogP contribution is 2.18. The minimum absolute atomic E-state index is 0.160. The predicted octanol–water partition coefficient (Wildman–Crippen LogP) is 2.84. The molecule has 2 atom stereocenters. The highest BCUT2D eigenvalue weighted by Gasteiger charge is 2.26. The summed E-state index contributed by atoms with van der Waals surface area (Å²) in [6.45, 7) is 3.85. The standard InChI is InChI=1S/C16H22BrNO3/c1-12-11-18(9-8-15(12)19)16(20)3-2-10-21-14-6-4-13(17)5-7-14/h4-7,12,15,19H,2-3,8-11H2,1H3. The van der Waals surface area contributed by atoms with E-state index in [1.54, 1.807) is 0 Å². The zero-order valence-electron chi connectivity index (χ0n) is 12.3. The molecule has 116 valence electrons. The molecule has 5 heteroatoms. The zero-order valence-corrected chi connectivity index (χ0v) is 13.9. The number of nitrogens with zero attached hydrogens (tertiary/aromatic N) is 1. The third-order valence-electron chi connectivity index (χ3n) is 3.83. The quantitative estimate of drug-likeness (QED) is 0.826. The SMILES string of the molecule is CC1CN(C(=O)CCCOc2ccc(Br)cc2)CCC1O. The van der Waals surface area contributed by atoms with Crippen molar-refractivity contribution in [1.29, 1.82) is 0 Å². The fourth-order valence-electron chi connectivity index (χ4n) is 2.46. The Hall–Kier alpha value is -1.07. The van der Waals surface area contributed by atoms with Gasteiger partial charge in [0, 0.05) is 24.0 Å². The highest BCUT2D eigenvalue weighted by atomic mass is 79.9. The monoisotopic (exact) mass is 355 g/mol. The van der Waals surface area contributed by atoms with Gasteiger partial charge in [-0.15, -0.1) is 0 Å². The molecule has 1 saturated heterocycles. The van der Waals surface area contributed by atoms with Crippen molar-refractivity contribution in [3.05, 3.63) is 28.7 Å². The molecule has 1 aromatic carbocycles. The van der Waals surface area contributed by atoms with Crippen LogP contribution in [0.25, 0.3) is 0 Å². The minimum Gasteiger partial charge on any atom is -0.494 e. The maximum atomic E-state index is 12.1. The number of hydrogen-bond donors (Lipinski definition) is 1. The molecule has 2 rings (SSSR count). The molecule has 0 aromatic heterocycles. The van der Waals surface area contributed by atoms with Gasteiger partial charge in [0.25, 0.3) is 0 Å². The molecule has 1 aliphatic rings. The molecule has 4 nitrogen and oxygen atoms in total. The van der Waals surface area contributed by atoms with Crippen LogP contribution >= 0.6 is 15.9 Å². The van der Waals surface area contributed by atoms with Crippen LogP contribution < -0.4 is 4.74 Å². The van der Waals surface area contributed by atoms with Crippen molar-refractivity contribution >= 4 is 21.8 Å². The molecule has 0 aliphatic carbocycles. The van der Waals surface area contributed by atoms with Gasteiger partial charge in [-0.25, -0.2) is 0 Å². The molecular weight excluding hydrogens is 334 g/mol. The van der Waals surface area contributed by atoms with Crippen molar-refractivity contribution in [2.24, 2.45) is 5.92 Å². The normalized spacial score (nSPS) is 22.1. The molecule has 1 heterocycles. The summed E-state index contributed by atoms with van der Waals surface area (Å²) in [4.78, 5) is 13.9. The number of amides is 1. The first-order chi connectivity index (χ1) is 10.1. The highest BCUT2D eigenvalue weighted by molar-refractivity contribution is 9.10. The van der Waals surface area contributed by atoms with E-state index in [-0.39, 0.29) is 17.9 Å². The van der Waals surface area contributed by atoms with E-state index in [4.69, 9.17) is 4.74 Å². The number of carbonyl (C=O) groups excluding carboxylic acids is 1. The van der Waals surface area contributed by atoms with E-state index in [2.05, 4.69) is 15.9 Å². The van der Waals surface area contributed by atoms with Crippen LogP contribution in [0.5, 0.6) is 5.75 Å². The molecule has 1 amide bonds. The Morgan fingerprint density at radius 3 is 2.81 bits per heavy atom. The summed E-state index contributed by atoms with van der Waals surface area (Å²) in [5.41, 5.74) is 0. The fourth-order valence-corrected chi connectivity index (χ4v) is 2.73. The van der Waals surface area contributed by atoms with Crippen LogP contribution in [-0.2, 0) is 4.79 Å². The van der Waals surface area contributed by atoms with Crippen LogP contribution in [0.4, 0.5) is 0 Å². The molecule has 0 spiro atoms. The molecule has 0 radical (unpaired) electrons. The summed E-state index contributed by atoms with van der Waals surface area (Å²) in [6.07, 6.45) is 1.62. The maximum Gasteiger partial charge on any atom is 0.222 e. The number of carbonyl (C=O) groups is 1. The first-order valence-corrected chi connectivity index (χ1v) is 8.20. The van der Waals surface area contributed by atoms with E-state index in [9.17, 15) is 9.90 Å². The largest absolute Gasteiger partial charge is 0.494 e. The summed E-state index contributed by atoms with van der Waals surface area (Å²) in [7, 11) is 0. The molecule has 21 heavy (non-hydrogen) atoms. The van der Waals surface area contributed by atoms with Crippen LogP contribution in [0.15, 0.2) is 28.7 Å². The molecule has 1 aromatic rings. The van der Waals surface area contributed by atoms with Crippen molar-refractivity contribution in [3.63, 3.8) is 0 Å². The van der Waals surface area contributed by atoms with Crippen molar-refractivity contribution < 1.29 is 14.6 Å². The van der Waals surface area contributed by atoms with Crippen molar-refractivity contribution in [1.82, 2.24) is 4.90 Å². The Morgan fingerprint density at radius 1 is 1.43 bits per heavy atom. The summed E-state index contributed by atoms with van der Waals surface area (Å²) < 4.78 is 6.63. The van der Waals surface area contributed by atoms with Gasteiger partial charge >= 0.3 is 0 Å². The van der Waals surface area contributed by atoms with Crippen LogP contribution in [-0.4, -0.2) is 41.7 Å². The summed E-state index contributed by atoms with van der Waals surface area (Å²) in [5.74, 6) is 1.15. The average Bonchev–Trinajstić information content (AvgIpc) is 2.48. The third-order valence-corrected chi connectivity index (χ3v) is 4.36. The van der Waals surface area contributed by atoms with Gasteiger partial charge in [0.15, 0.2) is 0 Å². The first-order valence-electron chi connectivity index (χ1n) is 7.40. The van der Waals surface area contributed by atoms with Crippen LogP contribution in [0.3, 0.4) is 0 Å². The number of rotatable bonds is 5. The fraction of sp³-hybridized carbons (Fsp3) is 0.562. The van der Waals surface area contributed by atoms with Crippen molar-refractivity contribution in [2.75, 3.05) is 19.7 Å². The second kappa shape index (κ2) is 7.80. The van der Waals surface area contributed by atoms with Crippen LogP contribution in [0.2, 0.25) is 0 Å². The second-order valence-electron chi connectivity index (χ2n) is 5.58. The van der Waals surface area contributed by atoms with Gasteiger partial charge in [-0.1, -0.05) is 22.9 Å². The lowest BCUT2D eigenvalue weighted by Crippen LogP contribution is -2.44. The van der Waals surface area contributed by atoms with E-state index >= 15 is 0 Å². The van der Waals surface area contributed by atoms with Crippen molar-refractivity contribution in [2.45, 2.75) is 32.3 Å². The summed E-state index contributed by atoms with van der Waals surface area (Å²) >= 11 is 3.38. The molecule has 2 unspecified atom stereocenters. The van der Waals surface area contributed by atoms with Gasteiger partial charge in [-0.3, -0.25) is 4.79 Å². The van der Waals surface area contributed by atoms with Gasteiger partial charge in [0.2, 0.25) is 5.91 Å². The smallest absolute Gasteiger partial charge is 0.222 e. The number of piperidine rings is 1. The Kier molecular flexibility index (Phi) is 6.06. The zero-order chi connectivity index (χ0) is 15.2. The Balaban J connectivity index is 1.66. The molecule has 1 aliphatic heterocycles. The number of hydrogen-bond acceptors (Lipinski definition) is 3. The van der Waals surface area contributed by atoms with E-state index in [1.807, 2.05) is 36.1 Å². The minimum atomic E-state index is -0.269. The van der Waals surface area contributed by atoms with Gasteiger partial charge in [0.05, 0.1) is 12.7 Å². The number of aliphatic hydroxyl groups excluding tert-OH is 1. The Bertz CT molecular complexity index is 463.